The van der Waals surface area contributed by atoms with E-state index in [2.05, 4.69) is 32.1 Å². The van der Waals surface area contributed by atoms with Gasteiger partial charge < -0.3 is 0 Å². The van der Waals surface area contributed by atoms with E-state index in [0.717, 1.165) is 21.3 Å². The van der Waals surface area contributed by atoms with Gasteiger partial charge in [0, 0.05) is 15.4 Å². The Kier molecular flexibility index (Phi) is 5.98. The normalized spacial score (nSPS) is 11.7. The first-order valence-electron chi connectivity index (χ1n) is 8.94. The van der Waals surface area contributed by atoms with Crippen LogP contribution in [0.15, 0.2) is 92.7 Å². The molecule has 4 rings (SSSR count). The van der Waals surface area contributed by atoms with E-state index in [9.17, 15) is 4.39 Å². The summed E-state index contributed by atoms with van der Waals surface area (Å²) in [6, 6.07) is 23.5. The summed E-state index contributed by atoms with van der Waals surface area (Å²) in [4.78, 5) is 5.03. The first-order chi connectivity index (χ1) is 14.6. The van der Waals surface area contributed by atoms with Crippen molar-refractivity contribution in [2.75, 3.05) is 0 Å². The highest BCUT2D eigenvalue weighted by Gasteiger charge is 2.09. The van der Waals surface area contributed by atoms with Crippen LogP contribution in [0.1, 0.15) is 11.1 Å². The molecule has 7 heteroatoms. The van der Waals surface area contributed by atoms with Crippen molar-refractivity contribution in [3.05, 3.63) is 104 Å². The minimum Gasteiger partial charge on any atom is -0.217 e. The van der Waals surface area contributed by atoms with Gasteiger partial charge in [0.25, 0.3) is 0 Å². The second-order valence-electron chi connectivity index (χ2n) is 6.27. The van der Waals surface area contributed by atoms with Crippen molar-refractivity contribution in [1.82, 2.24) is 4.68 Å². The number of aromatic nitrogens is 1. The number of benzene rings is 3. The predicted molar refractivity (Wildman–Crippen MR) is 121 cm³/mol. The average Bonchev–Trinajstić information content (AvgIpc) is 3.16. The van der Waals surface area contributed by atoms with Gasteiger partial charge in [-0.25, -0.2) is 14.1 Å². The molecule has 0 radical (unpaired) electrons. The third-order valence-electron chi connectivity index (χ3n) is 4.24. The maximum Gasteiger partial charge on any atom is 0.211 e. The third-order valence-corrected chi connectivity index (χ3v) is 5.55. The zero-order valence-corrected chi connectivity index (χ0v) is 17.9. The number of nitriles is 1. The molecule has 1 aromatic heterocycles. The Morgan fingerprint density at radius 2 is 1.83 bits per heavy atom. The lowest BCUT2D eigenvalue weighted by Crippen LogP contribution is -2.11. The van der Waals surface area contributed by atoms with Crippen LogP contribution in [0.2, 0.25) is 0 Å². The van der Waals surface area contributed by atoms with Crippen molar-refractivity contribution in [1.29, 1.82) is 5.26 Å². The van der Waals surface area contributed by atoms with Crippen molar-refractivity contribution < 1.29 is 4.39 Å². The second kappa shape index (κ2) is 8.99. The number of hydrogen-bond acceptors (Lipinski definition) is 4. The molecule has 0 N–H and O–H groups in total. The van der Waals surface area contributed by atoms with Crippen molar-refractivity contribution >= 4 is 39.2 Å². The molecule has 0 saturated carbocycles. The molecule has 146 valence electrons. The first kappa shape index (κ1) is 20.0. The first-order valence-corrected chi connectivity index (χ1v) is 10.6. The van der Waals surface area contributed by atoms with Gasteiger partial charge in [-0.05, 0) is 42.0 Å². The summed E-state index contributed by atoms with van der Waals surface area (Å²) >= 11 is 4.88. The minimum absolute atomic E-state index is 0.252. The number of rotatable bonds is 4. The fraction of sp³-hybridized carbons (Fsp3) is 0. The molecule has 0 aliphatic rings. The Morgan fingerprint density at radius 1 is 1.03 bits per heavy atom. The van der Waals surface area contributed by atoms with Gasteiger partial charge in [0.2, 0.25) is 4.80 Å². The zero-order chi connectivity index (χ0) is 20.9. The van der Waals surface area contributed by atoms with Gasteiger partial charge in [0.15, 0.2) is 0 Å². The molecule has 0 atom stereocenters. The number of para-hydroxylation sites is 1. The van der Waals surface area contributed by atoms with Gasteiger partial charge in [0.05, 0.1) is 23.5 Å². The molecule has 0 fully saturated rings. The maximum atomic E-state index is 14.1. The van der Waals surface area contributed by atoms with Crippen LogP contribution in [0.4, 0.5) is 10.1 Å². The highest BCUT2D eigenvalue weighted by Crippen LogP contribution is 2.24. The van der Waals surface area contributed by atoms with Crippen LogP contribution in [0.25, 0.3) is 11.3 Å². The van der Waals surface area contributed by atoms with Gasteiger partial charge in [-0.2, -0.15) is 10.4 Å². The number of thiazole rings is 1. The van der Waals surface area contributed by atoms with Gasteiger partial charge in [-0.15, -0.1) is 11.3 Å². The SMILES string of the molecule is N#Cc1ccc(/C=N\n2c(-c3cccc(Br)c3)csc2=Nc2ccccc2F)cc1. The molecule has 0 spiro atoms. The summed E-state index contributed by atoms with van der Waals surface area (Å²) in [5.41, 5.74) is 3.46. The fourth-order valence-corrected chi connectivity index (χ4v) is 4.00. The molecule has 0 aliphatic heterocycles. The van der Waals surface area contributed by atoms with E-state index in [4.69, 9.17) is 5.26 Å². The van der Waals surface area contributed by atoms with Crippen LogP contribution in [-0.2, 0) is 0 Å². The summed E-state index contributed by atoms with van der Waals surface area (Å²) in [5, 5.41) is 15.5. The van der Waals surface area contributed by atoms with E-state index < -0.39 is 5.82 Å². The standard InChI is InChI=1S/C23H14BrFN4S/c24-19-5-3-4-18(12-19)22-15-30-23(28-21-7-2-1-6-20(21)25)29(22)27-14-17-10-8-16(13-26)9-11-17/h1-12,14-15H/b27-14-,28-23?. The van der Waals surface area contributed by atoms with E-state index >= 15 is 0 Å². The Balaban J connectivity index is 1.84. The molecular weight excluding hydrogens is 463 g/mol. The third kappa shape index (κ3) is 4.46. The molecular formula is C23H14BrFN4S. The van der Waals surface area contributed by atoms with Crippen LogP contribution in [-0.4, -0.2) is 10.9 Å². The lowest BCUT2D eigenvalue weighted by Gasteiger charge is -2.04. The quantitative estimate of drug-likeness (QED) is 0.328. The van der Waals surface area contributed by atoms with Gasteiger partial charge in [-0.3, -0.25) is 0 Å². The van der Waals surface area contributed by atoms with Crippen LogP contribution >= 0.6 is 27.3 Å². The molecule has 0 aliphatic carbocycles. The Hall–Kier alpha value is -3.34. The van der Waals surface area contributed by atoms with Crippen molar-refractivity contribution in [2.45, 2.75) is 0 Å². The molecule has 0 bridgehead atoms. The largest absolute Gasteiger partial charge is 0.217 e. The van der Waals surface area contributed by atoms with Crippen LogP contribution in [0.5, 0.6) is 0 Å². The molecule has 0 unspecified atom stereocenters. The molecule has 4 nitrogen and oxygen atoms in total. The van der Waals surface area contributed by atoms with Crippen molar-refractivity contribution in [3.63, 3.8) is 0 Å². The topological polar surface area (TPSA) is 53.4 Å². The van der Waals surface area contributed by atoms with E-state index in [-0.39, 0.29) is 5.69 Å². The maximum absolute atomic E-state index is 14.1. The molecule has 0 saturated heterocycles. The van der Waals surface area contributed by atoms with Gasteiger partial charge >= 0.3 is 0 Å². The highest BCUT2D eigenvalue weighted by atomic mass is 79.9. The molecule has 4 aromatic rings. The smallest absolute Gasteiger partial charge is 0.211 e. The average molecular weight is 477 g/mol. The van der Waals surface area contributed by atoms with Crippen molar-refractivity contribution in [3.8, 4) is 17.3 Å². The van der Waals surface area contributed by atoms with Crippen molar-refractivity contribution in [2.24, 2.45) is 10.1 Å². The predicted octanol–water partition coefficient (Wildman–Crippen LogP) is 6.10. The van der Waals surface area contributed by atoms with E-state index in [1.807, 2.05) is 41.8 Å². The lowest BCUT2D eigenvalue weighted by atomic mass is 10.2. The Bertz CT molecular complexity index is 1330. The van der Waals surface area contributed by atoms with Crippen LogP contribution in [0, 0.1) is 17.1 Å². The highest BCUT2D eigenvalue weighted by molar-refractivity contribution is 9.10. The molecule has 30 heavy (non-hydrogen) atoms. The Labute approximate surface area is 185 Å². The lowest BCUT2D eigenvalue weighted by molar-refractivity contribution is 0.628. The van der Waals surface area contributed by atoms with Gasteiger partial charge in [-0.1, -0.05) is 52.3 Å². The second-order valence-corrected chi connectivity index (χ2v) is 8.02. The fourth-order valence-electron chi connectivity index (χ4n) is 2.75. The monoisotopic (exact) mass is 476 g/mol. The zero-order valence-electron chi connectivity index (χ0n) is 15.5. The number of halogens is 2. The Morgan fingerprint density at radius 3 is 2.57 bits per heavy atom. The molecule has 1 heterocycles. The summed E-state index contributed by atoms with van der Waals surface area (Å²) < 4.78 is 16.8. The summed E-state index contributed by atoms with van der Waals surface area (Å²) in [6.45, 7) is 0. The summed E-state index contributed by atoms with van der Waals surface area (Å²) in [6.07, 6.45) is 1.69. The number of nitrogens with zero attached hydrogens (tertiary/aromatic N) is 4. The number of hydrogen-bond donors (Lipinski definition) is 0. The molecule has 0 amide bonds. The summed E-state index contributed by atoms with van der Waals surface area (Å²) in [5.74, 6) is -0.391. The van der Waals surface area contributed by atoms with E-state index in [1.165, 1.54) is 17.4 Å². The van der Waals surface area contributed by atoms with E-state index in [0.29, 0.717) is 10.4 Å². The van der Waals surface area contributed by atoms with Crippen LogP contribution in [0.3, 0.4) is 0 Å². The minimum atomic E-state index is -0.391. The molecule has 3 aromatic carbocycles. The summed E-state index contributed by atoms with van der Waals surface area (Å²) in [7, 11) is 0. The van der Waals surface area contributed by atoms with E-state index in [1.54, 1.807) is 41.2 Å². The van der Waals surface area contributed by atoms with Crippen LogP contribution < -0.4 is 4.80 Å². The van der Waals surface area contributed by atoms with Gasteiger partial charge in [0.1, 0.15) is 11.5 Å².